The first-order valence-corrected chi connectivity index (χ1v) is 6.90. The molecular formula is C14H12BrFN2O. The molecule has 1 aliphatic rings. The summed E-state index contributed by atoms with van der Waals surface area (Å²) in [6, 6.07) is 6.70. The number of aryl methyl sites for hydroxylation is 1. The van der Waals surface area contributed by atoms with Gasteiger partial charge in [-0.3, -0.25) is 0 Å². The second-order valence-electron chi connectivity index (χ2n) is 4.65. The molecule has 98 valence electrons. The third-order valence-corrected chi connectivity index (χ3v) is 3.41. The highest BCUT2D eigenvalue weighted by atomic mass is 79.9. The average Bonchev–Trinajstić information content (AvgIpc) is 3.18. The van der Waals surface area contributed by atoms with E-state index in [-0.39, 0.29) is 11.6 Å². The van der Waals surface area contributed by atoms with Crippen LogP contribution in [-0.4, -0.2) is 9.97 Å². The van der Waals surface area contributed by atoms with Crippen molar-refractivity contribution in [2.45, 2.75) is 25.7 Å². The van der Waals surface area contributed by atoms with Crippen molar-refractivity contribution in [3.8, 4) is 11.6 Å². The van der Waals surface area contributed by atoms with Gasteiger partial charge in [0.1, 0.15) is 10.4 Å². The van der Waals surface area contributed by atoms with Gasteiger partial charge in [0.25, 0.3) is 0 Å². The highest BCUT2D eigenvalue weighted by Gasteiger charge is 2.27. The molecule has 0 spiro atoms. The molecule has 1 aliphatic carbocycles. The van der Waals surface area contributed by atoms with Crippen LogP contribution in [0.5, 0.6) is 11.6 Å². The summed E-state index contributed by atoms with van der Waals surface area (Å²) in [6.45, 7) is 1.70. The fraction of sp³-hybridized carbons (Fsp3) is 0.286. The minimum absolute atomic E-state index is 0.187. The first-order valence-electron chi connectivity index (χ1n) is 6.11. The maximum absolute atomic E-state index is 13.9. The van der Waals surface area contributed by atoms with Crippen LogP contribution in [0, 0.1) is 12.7 Å². The molecule has 1 fully saturated rings. The number of hydrogen-bond acceptors (Lipinski definition) is 3. The molecular weight excluding hydrogens is 311 g/mol. The van der Waals surface area contributed by atoms with E-state index >= 15 is 0 Å². The number of ether oxygens (including phenoxy) is 1. The van der Waals surface area contributed by atoms with Crippen LogP contribution >= 0.6 is 15.9 Å². The lowest BCUT2D eigenvalue weighted by molar-refractivity contribution is 0.422. The Morgan fingerprint density at radius 3 is 2.84 bits per heavy atom. The lowest BCUT2D eigenvalue weighted by Crippen LogP contribution is -1.98. The summed E-state index contributed by atoms with van der Waals surface area (Å²) in [5, 5.41) is 0. The largest absolute Gasteiger partial charge is 0.436 e. The summed E-state index contributed by atoms with van der Waals surface area (Å²) in [4.78, 5) is 8.64. The topological polar surface area (TPSA) is 35.0 Å². The molecule has 0 radical (unpaired) electrons. The number of hydrogen-bond donors (Lipinski definition) is 0. The van der Waals surface area contributed by atoms with Crippen molar-refractivity contribution in [2.24, 2.45) is 0 Å². The molecule has 0 atom stereocenters. The highest BCUT2D eigenvalue weighted by molar-refractivity contribution is 9.10. The first-order chi connectivity index (χ1) is 9.13. The number of rotatable bonds is 3. The summed E-state index contributed by atoms with van der Waals surface area (Å²) in [5.41, 5.74) is 0.549. The molecule has 0 aliphatic heterocycles. The number of benzene rings is 1. The van der Waals surface area contributed by atoms with Gasteiger partial charge in [0.15, 0.2) is 11.6 Å². The molecule has 0 bridgehead atoms. The van der Waals surface area contributed by atoms with Gasteiger partial charge in [0, 0.05) is 12.0 Å². The number of nitrogens with zero attached hydrogens (tertiary/aromatic N) is 2. The monoisotopic (exact) mass is 322 g/mol. The minimum atomic E-state index is -0.356. The van der Waals surface area contributed by atoms with Crippen molar-refractivity contribution in [1.82, 2.24) is 9.97 Å². The van der Waals surface area contributed by atoms with Gasteiger partial charge in [0.2, 0.25) is 5.88 Å². The van der Waals surface area contributed by atoms with Crippen LogP contribution in [0.2, 0.25) is 0 Å². The van der Waals surface area contributed by atoms with E-state index in [1.54, 1.807) is 31.2 Å². The van der Waals surface area contributed by atoms with Gasteiger partial charge in [-0.2, -0.15) is 4.98 Å². The van der Waals surface area contributed by atoms with Crippen LogP contribution < -0.4 is 4.74 Å². The van der Waals surface area contributed by atoms with Gasteiger partial charge in [0.05, 0.1) is 0 Å². The zero-order chi connectivity index (χ0) is 13.4. The predicted octanol–water partition coefficient (Wildman–Crippen LogP) is 4.36. The molecule has 0 unspecified atom stereocenters. The zero-order valence-electron chi connectivity index (χ0n) is 10.4. The fourth-order valence-electron chi connectivity index (χ4n) is 1.80. The smallest absolute Gasteiger partial charge is 0.223 e. The van der Waals surface area contributed by atoms with E-state index in [1.807, 2.05) is 0 Å². The van der Waals surface area contributed by atoms with Gasteiger partial charge in [-0.1, -0.05) is 12.1 Å². The van der Waals surface area contributed by atoms with E-state index in [1.165, 1.54) is 0 Å². The molecule has 2 aromatic rings. The summed E-state index contributed by atoms with van der Waals surface area (Å²) in [7, 11) is 0. The van der Waals surface area contributed by atoms with E-state index in [4.69, 9.17) is 4.74 Å². The molecule has 1 aromatic carbocycles. The van der Waals surface area contributed by atoms with E-state index in [2.05, 4.69) is 25.9 Å². The molecule has 5 heteroatoms. The quantitative estimate of drug-likeness (QED) is 0.788. The third kappa shape index (κ3) is 2.76. The van der Waals surface area contributed by atoms with Crippen molar-refractivity contribution >= 4 is 15.9 Å². The van der Waals surface area contributed by atoms with Crippen molar-refractivity contribution in [2.75, 3.05) is 0 Å². The van der Waals surface area contributed by atoms with Crippen LogP contribution in [0.3, 0.4) is 0 Å². The van der Waals surface area contributed by atoms with Crippen LogP contribution in [0.4, 0.5) is 4.39 Å². The molecule has 19 heavy (non-hydrogen) atoms. The maximum atomic E-state index is 13.9. The second kappa shape index (κ2) is 4.89. The predicted molar refractivity (Wildman–Crippen MR) is 72.9 cm³/mol. The molecule has 1 heterocycles. The Kier molecular flexibility index (Phi) is 3.22. The normalized spacial score (nSPS) is 14.5. The van der Waals surface area contributed by atoms with Crippen molar-refractivity contribution in [3.05, 3.63) is 46.1 Å². The fourth-order valence-corrected chi connectivity index (χ4v) is 2.18. The Hall–Kier alpha value is -1.49. The maximum Gasteiger partial charge on any atom is 0.223 e. The van der Waals surface area contributed by atoms with Gasteiger partial charge in [-0.25, -0.2) is 9.37 Å². The lowest BCUT2D eigenvalue weighted by Gasteiger charge is -2.08. The van der Waals surface area contributed by atoms with Crippen LogP contribution in [0.1, 0.15) is 30.1 Å². The standard InChI is InChI=1S/C14H12BrFN2O/c1-8-3-2-4-10(13(8)16)19-12-7-11(15)17-14(18-12)9-5-6-9/h2-4,7,9H,5-6H2,1H3. The van der Waals surface area contributed by atoms with Gasteiger partial charge >= 0.3 is 0 Å². The van der Waals surface area contributed by atoms with E-state index < -0.39 is 0 Å². The molecule has 3 nitrogen and oxygen atoms in total. The average molecular weight is 323 g/mol. The van der Waals surface area contributed by atoms with E-state index in [9.17, 15) is 4.39 Å². The molecule has 1 aromatic heterocycles. The number of aromatic nitrogens is 2. The molecule has 0 saturated heterocycles. The zero-order valence-corrected chi connectivity index (χ0v) is 11.9. The van der Waals surface area contributed by atoms with Crippen LogP contribution in [0.25, 0.3) is 0 Å². The second-order valence-corrected chi connectivity index (χ2v) is 5.46. The minimum Gasteiger partial charge on any atom is -0.436 e. The summed E-state index contributed by atoms with van der Waals surface area (Å²) in [6.07, 6.45) is 2.21. The molecule has 0 amide bonds. The van der Waals surface area contributed by atoms with Crippen molar-refractivity contribution < 1.29 is 9.13 Å². The Labute approximate surface area is 119 Å². The summed E-state index contributed by atoms with van der Waals surface area (Å²) in [5.74, 6) is 1.38. The van der Waals surface area contributed by atoms with Crippen LogP contribution in [0.15, 0.2) is 28.9 Å². The van der Waals surface area contributed by atoms with Crippen molar-refractivity contribution in [1.29, 1.82) is 0 Å². The molecule has 1 saturated carbocycles. The summed E-state index contributed by atoms with van der Waals surface area (Å²) >= 11 is 3.33. The highest BCUT2D eigenvalue weighted by Crippen LogP contribution is 2.39. The lowest BCUT2D eigenvalue weighted by atomic mass is 10.2. The van der Waals surface area contributed by atoms with Gasteiger partial charge < -0.3 is 4.74 Å². The Morgan fingerprint density at radius 1 is 1.32 bits per heavy atom. The van der Waals surface area contributed by atoms with E-state index in [0.717, 1.165) is 18.7 Å². The molecule has 3 rings (SSSR count). The van der Waals surface area contributed by atoms with Crippen LogP contribution in [-0.2, 0) is 0 Å². The Bertz CT molecular complexity index is 629. The number of halogens is 2. The summed E-state index contributed by atoms with van der Waals surface area (Å²) < 4.78 is 20.1. The molecule has 0 N–H and O–H groups in total. The Morgan fingerprint density at radius 2 is 2.11 bits per heavy atom. The van der Waals surface area contributed by atoms with Crippen molar-refractivity contribution in [3.63, 3.8) is 0 Å². The van der Waals surface area contributed by atoms with Gasteiger partial charge in [-0.05, 0) is 47.3 Å². The van der Waals surface area contributed by atoms with Gasteiger partial charge in [-0.15, -0.1) is 0 Å². The Balaban J connectivity index is 1.92. The SMILES string of the molecule is Cc1cccc(Oc2cc(Br)nc(C3CC3)n2)c1F. The van der Waals surface area contributed by atoms with E-state index in [0.29, 0.717) is 22.0 Å². The first kappa shape index (κ1) is 12.5. The third-order valence-electron chi connectivity index (χ3n) is 3.00.